The molecule has 3 aromatic rings. The number of piperidine rings is 1. The van der Waals surface area contributed by atoms with Crippen LogP contribution in [0.2, 0.25) is 5.02 Å². The summed E-state index contributed by atoms with van der Waals surface area (Å²) in [6, 6.07) is 12.4. The Balaban J connectivity index is 1.34. The van der Waals surface area contributed by atoms with Gasteiger partial charge in [0.05, 0.1) is 29.2 Å². The number of fused-ring (bicyclic) bond motifs is 1. The predicted octanol–water partition coefficient (Wildman–Crippen LogP) is 5.96. The van der Waals surface area contributed by atoms with Crippen LogP contribution in [-0.4, -0.2) is 48.0 Å². The van der Waals surface area contributed by atoms with Crippen LogP contribution in [0.15, 0.2) is 69.2 Å². The molecule has 41 heavy (non-hydrogen) atoms. The highest BCUT2D eigenvalue weighted by Gasteiger charge is 2.38. The molecule has 1 saturated heterocycles. The Labute approximate surface area is 244 Å². The van der Waals surface area contributed by atoms with Gasteiger partial charge in [0.1, 0.15) is 11.8 Å². The number of nitrogens with zero attached hydrogens (tertiary/aromatic N) is 2. The molecule has 1 unspecified atom stereocenters. The number of benzene rings is 2. The maximum atomic E-state index is 13.5. The van der Waals surface area contributed by atoms with E-state index in [4.69, 9.17) is 20.8 Å². The second-order valence-electron chi connectivity index (χ2n) is 10.9. The molecule has 2 aliphatic heterocycles. The topological polar surface area (TPSA) is 92.1 Å². The number of urea groups is 1. The van der Waals surface area contributed by atoms with Crippen molar-refractivity contribution in [2.45, 2.75) is 52.6 Å². The lowest BCUT2D eigenvalue weighted by Crippen LogP contribution is -2.49. The van der Waals surface area contributed by atoms with Gasteiger partial charge in [-0.15, -0.1) is 0 Å². The summed E-state index contributed by atoms with van der Waals surface area (Å²) in [5, 5.41) is 3.60. The van der Waals surface area contributed by atoms with E-state index in [1.54, 1.807) is 30.9 Å². The first kappa shape index (κ1) is 28.9. The van der Waals surface area contributed by atoms with Crippen molar-refractivity contribution in [2.24, 2.45) is 5.92 Å². The average Bonchev–Trinajstić information content (AvgIpc) is 2.95. The first-order valence-corrected chi connectivity index (χ1v) is 14.6. The molecule has 1 atom stereocenters. The molecule has 5 rings (SSSR count). The van der Waals surface area contributed by atoms with E-state index in [0.717, 1.165) is 44.5 Å². The number of hydrogen-bond acceptors (Lipinski definition) is 6. The molecule has 0 spiro atoms. The second kappa shape index (κ2) is 12.5. The minimum Gasteiger partial charge on any atom is -0.464 e. The lowest BCUT2D eigenvalue weighted by molar-refractivity contribution is -0.139. The third-order valence-corrected chi connectivity index (χ3v) is 8.61. The molecule has 3 heterocycles. The van der Waals surface area contributed by atoms with E-state index in [1.165, 1.54) is 11.8 Å². The van der Waals surface area contributed by atoms with E-state index >= 15 is 0 Å². The van der Waals surface area contributed by atoms with Crippen molar-refractivity contribution in [3.63, 3.8) is 0 Å². The van der Waals surface area contributed by atoms with Gasteiger partial charge in [-0.2, -0.15) is 0 Å². The van der Waals surface area contributed by atoms with Crippen molar-refractivity contribution >= 4 is 34.6 Å². The van der Waals surface area contributed by atoms with Crippen LogP contribution in [0.5, 0.6) is 0 Å². The van der Waals surface area contributed by atoms with Crippen molar-refractivity contribution in [3.8, 4) is 0 Å². The van der Waals surface area contributed by atoms with E-state index in [0.29, 0.717) is 28.8 Å². The second-order valence-corrected chi connectivity index (χ2v) is 11.3. The zero-order valence-electron chi connectivity index (χ0n) is 23.7. The lowest BCUT2D eigenvalue weighted by Gasteiger charge is -2.37. The largest absolute Gasteiger partial charge is 0.464 e. The van der Waals surface area contributed by atoms with Crippen molar-refractivity contribution in [1.82, 2.24) is 15.1 Å². The third kappa shape index (κ3) is 6.19. The molecule has 1 aromatic heterocycles. The van der Waals surface area contributed by atoms with Gasteiger partial charge in [0.2, 0.25) is 0 Å². The van der Waals surface area contributed by atoms with Crippen LogP contribution >= 0.6 is 11.6 Å². The maximum Gasteiger partial charge on any atom is 0.338 e. The van der Waals surface area contributed by atoms with E-state index in [2.05, 4.69) is 34.5 Å². The number of ether oxygens (including phenoxy) is 1. The van der Waals surface area contributed by atoms with Crippen LogP contribution in [0, 0.1) is 12.8 Å². The molecule has 1 N–H and O–H groups in total. The average molecular weight is 578 g/mol. The summed E-state index contributed by atoms with van der Waals surface area (Å²) >= 11 is 6.28. The molecular formula is C32H36ClN3O5. The smallest absolute Gasteiger partial charge is 0.338 e. The van der Waals surface area contributed by atoms with Gasteiger partial charge in [0.15, 0.2) is 5.43 Å². The zero-order chi connectivity index (χ0) is 29.1. The number of hydrogen-bond donors (Lipinski definition) is 1. The summed E-state index contributed by atoms with van der Waals surface area (Å²) in [4.78, 5) is 44.2. The Morgan fingerprint density at radius 2 is 1.85 bits per heavy atom. The van der Waals surface area contributed by atoms with E-state index in [-0.39, 0.29) is 34.6 Å². The summed E-state index contributed by atoms with van der Waals surface area (Å²) in [6.07, 6.45) is 4.24. The van der Waals surface area contributed by atoms with Gasteiger partial charge in [0.25, 0.3) is 0 Å². The quantitative estimate of drug-likeness (QED) is 0.332. The van der Waals surface area contributed by atoms with Crippen molar-refractivity contribution in [2.75, 3.05) is 26.2 Å². The molecule has 2 amide bonds. The highest BCUT2D eigenvalue weighted by atomic mass is 35.5. The number of rotatable bonds is 8. The number of esters is 1. The molecule has 0 bridgehead atoms. The number of carbonyl (C=O) groups is 2. The minimum absolute atomic E-state index is 0.151. The Morgan fingerprint density at radius 1 is 1.12 bits per heavy atom. The van der Waals surface area contributed by atoms with Gasteiger partial charge >= 0.3 is 12.0 Å². The predicted molar refractivity (Wildman–Crippen MR) is 159 cm³/mol. The first-order chi connectivity index (χ1) is 19.8. The number of aryl methyl sites for hydroxylation is 1. The Hall–Kier alpha value is -3.62. The van der Waals surface area contributed by atoms with Crippen molar-refractivity contribution < 1.29 is 18.7 Å². The molecule has 0 radical (unpaired) electrons. The summed E-state index contributed by atoms with van der Waals surface area (Å²) in [6.45, 7) is 8.89. The number of nitrogens with one attached hydrogen (secondary N) is 1. The molecule has 1 fully saturated rings. The van der Waals surface area contributed by atoms with Crippen LogP contribution in [0.25, 0.3) is 11.0 Å². The Bertz CT molecular complexity index is 1530. The highest BCUT2D eigenvalue weighted by molar-refractivity contribution is 6.32. The third-order valence-electron chi connectivity index (χ3n) is 8.20. The van der Waals surface area contributed by atoms with E-state index in [9.17, 15) is 14.4 Å². The van der Waals surface area contributed by atoms with Gasteiger partial charge < -0.3 is 14.5 Å². The monoisotopic (exact) mass is 577 g/mol. The van der Waals surface area contributed by atoms with Gasteiger partial charge in [0, 0.05) is 23.8 Å². The van der Waals surface area contributed by atoms with Crippen LogP contribution in [-0.2, 0) is 16.1 Å². The number of likely N-dealkylation sites (tertiary alicyclic amines) is 1. The fraction of sp³-hybridized carbons (Fsp3) is 0.406. The molecule has 9 heteroatoms. The van der Waals surface area contributed by atoms with Crippen LogP contribution < -0.4 is 10.7 Å². The molecule has 216 valence electrons. The normalized spacial score (nSPS) is 18.6. The molecule has 2 aliphatic rings. The summed E-state index contributed by atoms with van der Waals surface area (Å²) in [5.41, 5.74) is 2.99. The van der Waals surface area contributed by atoms with Gasteiger partial charge in [-0.25, -0.2) is 9.59 Å². The summed E-state index contributed by atoms with van der Waals surface area (Å²) in [5.74, 6) is -0.0946. The van der Waals surface area contributed by atoms with Crippen LogP contribution in [0.1, 0.15) is 55.8 Å². The SMILES string of the molecule is CCOC(=O)C1=C(C)N(CCC2CCN(Cc3ccccc3)CC2)C(=O)NC1c1coc2cc(C)c(Cl)cc2c1=O. The lowest BCUT2D eigenvalue weighted by atomic mass is 9.92. The molecule has 0 saturated carbocycles. The summed E-state index contributed by atoms with van der Waals surface area (Å²) in [7, 11) is 0. The maximum absolute atomic E-state index is 13.5. The molecule has 0 aliphatic carbocycles. The van der Waals surface area contributed by atoms with E-state index < -0.39 is 12.0 Å². The number of allylic oxidation sites excluding steroid dienone is 1. The molecule has 8 nitrogen and oxygen atoms in total. The standard InChI is InChI=1S/C32H36ClN3O5/c1-4-40-31(38)28-21(3)36(15-12-22-10-13-35(14-11-22)18-23-8-6-5-7-9-23)32(39)34-29(28)25-19-41-27-16-20(2)26(33)17-24(27)30(25)37/h5-9,16-17,19,22,29H,4,10-15,18H2,1-3H3,(H,34,39). The fourth-order valence-corrected chi connectivity index (χ4v) is 5.97. The Kier molecular flexibility index (Phi) is 8.80. The highest BCUT2D eigenvalue weighted by Crippen LogP contribution is 2.33. The van der Waals surface area contributed by atoms with Crippen LogP contribution in [0.4, 0.5) is 4.79 Å². The summed E-state index contributed by atoms with van der Waals surface area (Å²) < 4.78 is 11.1. The number of halogens is 1. The fourth-order valence-electron chi connectivity index (χ4n) is 5.81. The van der Waals surface area contributed by atoms with Crippen molar-refractivity contribution in [1.29, 1.82) is 0 Å². The van der Waals surface area contributed by atoms with Crippen LogP contribution in [0.3, 0.4) is 0 Å². The number of carbonyl (C=O) groups excluding carboxylic acids is 2. The number of amides is 2. The Morgan fingerprint density at radius 3 is 2.56 bits per heavy atom. The zero-order valence-corrected chi connectivity index (χ0v) is 24.5. The van der Waals surface area contributed by atoms with Gasteiger partial charge in [-0.05, 0) is 82.3 Å². The van der Waals surface area contributed by atoms with Gasteiger partial charge in [-0.3, -0.25) is 14.6 Å². The molecular weight excluding hydrogens is 542 g/mol. The minimum atomic E-state index is -1.00. The van der Waals surface area contributed by atoms with Gasteiger partial charge in [-0.1, -0.05) is 41.9 Å². The molecule has 2 aromatic carbocycles. The first-order valence-electron chi connectivity index (χ1n) is 14.2. The van der Waals surface area contributed by atoms with Crippen molar-refractivity contribution in [3.05, 3.63) is 91.9 Å². The van der Waals surface area contributed by atoms with E-state index in [1.807, 2.05) is 13.0 Å².